The molecule has 0 spiro atoms. The topological polar surface area (TPSA) is 122 Å². The Hall–Kier alpha value is -3.23. The number of esters is 1. The van der Waals surface area contributed by atoms with Crippen molar-refractivity contribution in [2.75, 3.05) is 19.7 Å². The maximum absolute atomic E-state index is 12.3. The van der Waals surface area contributed by atoms with Crippen LogP contribution < -0.4 is 10.6 Å². The third-order valence-electron chi connectivity index (χ3n) is 3.38. The van der Waals surface area contributed by atoms with Gasteiger partial charge in [0.2, 0.25) is 5.91 Å². The van der Waals surface area contributed by atoms with Crippen LogP contribution in [0.4, 0.5) is 4.79 Å². The van der Waals surface area contributed by atoms with Gasteiger partial charge in [-0.2, -0.15) is 0 Å². The molecule has 9 heteroatoms. The summed E-state index contributed by atoms with van der Waals surface area (Å²) in [6, 6.07) is 5.92. The van der Waals surface area contributed by atoms with Crippen LogP contribution in [0.5, 0.6) is 0 Å². The van der Waals surface area contributed by atoms with Crippen molar-refractivity contribution in [3.05, 3.63) is 35.4 Å². The lowest BCUT2D eigenvalue weighted by Crippen LogP contribution is -2.46. The van der Waals surface area contributed by atoms with E-state index in [1.54, 1.807) is 31.2 Å². The third-order valence-corrected chi connectivity index (χ3v) is 3.38. The molecule has 0 aliphatic carbocycles. The second-order valence-corrected chi connectivity index (χ2v) is 5.19. The van der Waals surface area contributed by atoms with Crippen LogP contribution in [0.25, 0.3) is 0 Å². The van der Waals surface area contributed by atoms with E-state index in [2.05, 4.69) is 5.32 Å². The number of imide groups is 2. The first-order valence-electron chi connectivity index (χ1n) is 7.58. The molecular weight excluding hydrogens is 330 g/mol. The Labute approximate surface area is 143 Å². The van der Waals surface area contributed by atoms with Crippen LogP contribution in [-0.4, -0.2) is 54.3 Å². The van der Waals surface area contributed by atoms with E-state index in [1.807, 2.05) is 5.32 Å². The number of ether oxygens (including phenoxy) is 1. The molecule has 1 aromatic carbocycles. The number of nitrogens with one attached hydrogen (secondary N) is 2. The van der Waals surface area contributed by atoms with Crippen LogP contribution in [-0.2, 0) is 25.5 Å². The first-order chi connectivity index (χ1) is 11.9. The molecule has 5 amide bonds. The van der Waals surface area contributed by atoms with Gasteiger partial charge in [0.05, 0.1) is 6.42 Å². The summed E-state index contributed by atoms with van der Waals surface area (Å²) in [4.78, 5) is 59.4. The summed E-state index contributed by atoms with van der Waals surface area (Å²) < 4.78 is 4.69. The van der Waals surface area contributed by atoms with Crippen molar-refractivity contribution in [2.24, 2.45) is 0 Å². The lowest BCUT2D eigenvalue weighted by molar-refractivity contribution is -0.151. The zero-order valence-corrected chi connectivity index (χ0v) is 13.5. The van der Waals surface area contributed by atoms with Crippen molar-refractivity contribution in [1.29, 1.82) is 0 Å². The molecule has 0 saturated carbocycles. The van der Waals surface area contributed by atoms with Crippen molar-refractivity contribution in [1.82, 2.24) is 15.5 Å². The van der Waals surface area contributed by atoms with Crippen LogP contribution >= 0.6 is 0 Å². The van der Waals surface area contributed by atoms with Gasteiger partial charge in [0.25, 0.3) is 11.8 Å². The van der Waals surface area contributed by atoms with E-state index in [9.17, 15) is 24.0 Å². The van der Waals surface area contributed by atoms with E-state index < -0.39 is 42.9 Å². The van der Waals surface area contributed by atoms with Crippen molar-refractivity contribution >= 4 is 29.7 Å². The summed E-state index contributed by atoms with van der Waals surface area (Å²) in [6.07, 6.45) is 0.00681. The van der Waals surface area contributed by atoms with Crippen LogP contribution in [0, 0.1) is 0 Å². The fourth-order valence-electron chi connectivity index (χ4n) is 2.25. The van der Waals surface area contributed by atoms with Crippen molar-refractivity contribution < 1.29 is 28.7 Å². The minimum Gasteiger partial charge on any atom is -0.454 e. The van der Waals surface area contributed by atoms with Crippen LogP contribution in [0.15, 0.2) is 24.3 Å². The zero-order valence-electron chi connectivity index (χ0n) is 13.5. The minimum atomic E-state index is -0.924. The molecule has 1 aliphatic heterocycles. The first kappa shape index (κ1) is 18.1. The number of urea groups is 1. The molecule has 2 rings (SSSR count). The number of hydrogen-bond acceptors (Lipinski definition) is 6. The minimum absolute atomic E-state index is 0.00681. The van der Waals surface area contributed by atoms with Gasteiger partial charge in [-0.3, -0.25) is 29.4 Å². The third kappa shape index (κ3) is 4.63. The molecule has 0 atom stereocenters. The fourth-order valence-corrected chi connectivity index (χ4v) is 2.25. The predicted molar refractivity (Wildman–Crippen MR) is 84.4 cm³/mol. The second-order valence-electron chi connectivity index (χ2n) is 5.19. The van der Waals surface area contributed by atoms with Gasteiger partial charge >= 0.3 is 12.0 Å². The predicted octanol–water partition coefficient (Wildman–Crippen LogP) is -0.400. The smallest absolute Gasteiger partial charge is 0.326 e. The van der Waals surface area contributed by atoms with E-state index in [-0.39, 0.29) is 6.42 Å². The van der Waals surface area contributed by atoms with Crippen molar-refractivity contribution in [3.8, 4) is 0 Å². The maximum Gasteiger partial charge on any atom is 0.326 e. The highest BCUT2D eigenvalue weighted by Crippen LogP contribution is 2.19. The number of amides is 5. The lowest BCUT2D eigenvalue weighted by Gasteiger charge is -2.25. The average molecular weight is 347 g/mol. The molecule has 9 nitrogen and oxygen atoms in total. The number of rotatable bonds is 5. The zero-order chi connectivity index (χ0) is 18.4. The van der Waals surface area contributed by atoms with Crippen molar-refractivity contribution in [3.63, 3.8) is 0 Å². The van der Waals surface area contributed by atoms with Crippen LogP contribution in [0.3, 0.4) is 0 Å². The van der Waals surface area contributed by atoms with Gasteiger partial charge < -0.3 is 10.1 Å². The monoisotopic (exact) mass is 347 g/mol. The van der Waals surface area contributed by atoms with Gasteiger partial charge in [0.15, 0.2) is 6.61 Å². The van der Waals surface area contributed by atoms with Crippen molar-refractivity contribution in [2.45, 2.75) is 13.3 Å². The molecule has 1 aromatic rings. The molecule has 0 aromatic heterocycles. The molecule has 0 radical (unpaired) electrons. The number of hydrogen-bond donors (Lipinski definition) is 2. The summed E-state index contributed by atoms with van der Waals surface area (Å²) in [5.41, 5.74) is 0.951. The second kappa shape index (κ2) is 8.04. The largest absolute Gasteiger partial charge is 0.454 e. The summed E-state index contributed by atoms with van der Waals surface area (Å²) in [5, 5.41) is 4.30. The molecule has 0 bridgehead atoms. The summed E-state index contributed by atoms with van der Waals surface area (Å²) in [5.74, 6) is -2.85. The quantitative estimate of drug-likeness (QED) is 0.552. The van der Waals surface area contributed by atoms with Gasteiger partial charge in [-0.15, -0.1) is 0 Å². The Bertz CT molecular complexity index is 730. The van der Waals surface area contributed by atoms with E-state index in [4.69, 9.17) is 4.74 Å². The molecule has 0 saturated heterocycles. The number of fused-ring (bicyclic) bond motifs is 1. The fraction of sp³-hybridized carbons (Fsp3) is 0.312. The molecule has 1 aliphatic rings. The Morgan fingerprint density at radius 2 is 1.92 bits per heavy atom. The number of benzene rings is 1. The number of nitrogens with zero attached hydrogens (tertiary/aromatic N) is 1. The molecule has 1 heterocycles. The maximum atomic E-state index is 12.3. The highest BCUT2D eigenvalue weighted by atomic mass is 16.5. The molecule has 132 valence electrons. The Balaban J connectivity index is 1.88. The summed E-state index contributed by atoms with van der Waals surface area (Å²) in [6.45, 7) is 0.720. The molecule has 2 N–H and O–H groups in total. The Morgan fingerprint density at radius 3 is 2.64 bits per heavy atom. The molecule has 0 fully saturated rings. The number of carbonyl (C=O) groups is 5. The Kier molecular flexibility index (Phi) is 5.83. The van der Waals surface area contributed by atoms with Gasteiger partial charge in [0.1, 0.15) is 6.54 Å². The van der Waals surface area contributed by atoms with E-state index in [0.29, 0.717) is 17.7 Å². The summed E-state index contributed by atoms with van der Waals surface area (Å²) in [7, 11) is 0. The van der Waals surface area contributed by atoms with Gasteiger partial charge in [-0.05, 0) is 18.6 Å². The van der Waals surface area contributed by atoms with E-state index in [1.165, 1.54) is 0 Å². The first-order valence-corrected chi connectivity index (χ1v) is 7.58. The van der Waals surface area contributed by atoms with Gasteiger partial charge in [-0.25, -0.2) is 4.79 Å². The van der Waals surface area contributed by atoms with Crippen LogP contribution in [0.1, 0.15) is 22.8 Å². The van der Waals surface area contributed by atoms with E-state index >= 15 is 0 Å². The van der Waals surface area contributed by atoms with E-state index in [0.717, 1.165) is 4.90 Å². The summed E-state index contributed by atoms with van der Waals surface area (Å²) >= 11 is 0. The molecule has 0 unspecified atom stereocenters. The standard InChI is InChI=1S/C16H17N3O6/c1-2-17-16(24)18-12(20)9-25-14(22)8-19-13(21)7-10-5-3-4-6-11(10)15(19)23/h3-6H,2,7-9H2,1H3,(H2,17,18,20,24). The van der Waals surface area contributed by atoms with Gasteiger partial charge in [0, 0.05) is 12.1 Å². The highest BCUT2D eigenvalue weighted by molar-refractivity contribution is 6.11. The van der Waals surface area contributed by atoms with Crippen LogP contribution in [0.2, 0.25) is 0 Å². The Morgan fingerprint density at radius 1 is 1.20 bits per heavy atom. The SMILES string of the molecule is CCNC(=O)NC(=O)COC(=O)CN1C(=O)Cc2ccccc2C1=O. The number of carbonyl (C=O) groups excluding carboxylic acids is 5. The molecular formula is C16H17N3O6. The molecule has 25 heavy (non-hydrogen) atoms. The highest BCUT2D eigenvalue weighted by Gasteiger charge is 2.32. The normalized spacial score (nSPS) is 13.1. The average Bonchev–Trinajstić information content (AvgIpc) is 2.57. The van der Waals surface area contributed by atoms with Gasteiger partial charge in [-0.1, -0.05) is 18.2 Å². The lowest BCUT2D eigenvalue weighted by atomic mass is 9.98.